The van der Waals surface area contributed by atoms with Crippen LogP contribution in [-0.2, 0) is 4.79 Å². The maximum Gasteiger partial charge on any atom is 0.317 e. The number of nitrogens with zero attached hydrogens (tertiary/aromatic N) is 1. The third kappa shape index (κ3) is 3.44. The van der Waals surface area contributed by atoms with Gasteiger partial charge in [0.25, 0.3) is 0 Å². The van der Waals surface area contributed by atoms with Crippen molar-refractivity contribution in [3.8, 4) is 0 Å². The molecule has 2 amide bonds. The van der Waals surface area contributed by atoms with Crippen molar-refractivity contribution in [3.63, 3.8) is 0 Å². The Morgan fingerprint density at radius 1 is 1.10 bits per heavy atom. The highest BCUT2D eigenvalue weighted by molar-refractivity contribution is 5.75. The maximum absolute atomic E-state index is 12.3. The first kappa shape index (κ1) is 15.1. The molecule has 0 bridgehead atoms. The first-order valence-corrected chi connectivity index (χ1v) is 7.77. The Morgan fingerprint density at radius 2 is 1.75 bits per heavy atom. The van der Waals surface area contributed by atoms with Gasteiger partial charge in [0.2, 0.25) is 0 Å². The van der Waals surface area contributed by atoms with Gasteiger partial charge in [-0.25, -0.2) is 4.79 Å². The highest BCUT2D eigenvalue weighted by Gasteiger charge is 2.31. The normalized spacial score (nSPS) is 31.9. The molecular weight excluding hydrogens is 256 g/mol. The van der Waals surface area contributed by atoms with Crippen LogP contribution in [0.5, 0.6) is 0 Å². The van der Waals surface area contributed by atoms with Crippen LogP contribution in [-0.4, -0.2) is 41.1 Å². The minimum atomic E-state index is -0.736. The number of carbonyl (C=O) groups is 2. The van der Waals surface area contributed by atoms with Crippen molar-refractivity contribution >= 4 is 12.0 Å². The highest BCUT2D eigenvalue weighted by Crippen LogP contribution is 2.29. The first-order valence-electron chi connectivity index (χ1n) is 7.77. The van der Waals surface area contributed by atoms with Gasteiger partial charge in [0.1, 0.15) is 0 Å². The van der Waals surface area contributed by atoms with Gasteiger partial charge in [-0.3, -0.25) is 4.79 Å². The number of piperidine rings is 1. The summed E-state index contributed by atoms with van der Waals surface area (Å²) in [7, 11) is 0. The minimum Gasteiger partial charge on any atom is -0.481 e. The SMILES string of the molecule is CC1CCCC(NC(=O)N2CCC(C(=O)O)CC2)C1C. The van der Waals surface area contributed by atoms with E-state index in [4.69, 9.17) is 5.11 Å². The molecule has 2 N–H and O–H groups in total. The number of carbonyl (C=O) groups excluding carboxylic acids is 1. The lowest BCUT2D eigenvalue weighted by Gasteiger charge is -2.37. The fraction of sp³-hybridized carbons (Fsp3) is 0.867. The largest absolute Gasteiger partial charge is 0.481 e. The van der Waals surface area contributed by atoms with Crippen LogP contribution in [0, 0.1) is 17.8 Å². The fourth-order valence-corrected chi connectivity index (χ4v) is 3.37. The molecule has 3 atom stereocenters. The molecule has 2 fully saturated rings. The van der Waals surface area contributed by atoms with Gasteiger partial charge < -0.3 is 15.3 Å². The lowest BCUT2D eigenvalue weighted by Crippen LogP contribution is -2.51. The second-order valence-corrected chi connectivity index (χ2v) is 6.42. The average Bonchev–Trinajstić information content (AvgIpc) is 2.44. The zero-order valence-corrected chi connectivity index (χ0v) is 12.5. The maximum atomic E-state index is 12.3. The topological polar surface area (TPSA) is 69.6 Å². The number of likely N-dealkylation sites (tertiary alicyclic amines) is 1. The van der Waals surface area contributed by atoms with Gasteiger partial charge in [0, 0.05) is 19.1 Å². The second kappa shape index (κ2) is 6.46. The molecule has 5 heteroatoms. The Hall–Kier alpha value is -1.26. The number of hydrogen-bond acceptors (Lipinski definition) is 2. The number of carboxylic acids is 1. The van der Waals surface area contributed by atoms with Gasteiger partial charge >= 0.3 is 12.0 Å². The van der Waals surface area contributed by atoms with Crippen LogP contribution in [0.2, 0.25) is 0 Å². The zero-order valence-electron chi connectivity index (χ0n) is 12.5. The minimum absolute atomic E-state index is 0.0141. The van der Waals surface area contributed by atoms with Gasteiger partial charge in [0.15, 0.2) is 0 Å². The molecule has 2 aliphatic rings. The van der Waals surface area contributed by atoms with E-state index in [1.54, 1.807) is 4.90 Å². The molecule has 114 valence electrons. The van der Waals surface area contributed by atoms with E-state index in [2.05, 4.69) is 19.2 Å². The predicted molar refractivity (Wildman–Crippen MR) is 76.4 cm³/mol. The van der Waals surface area contributed by atoms with Gasteiger partial charge in [-0.05, 0) is 31.1 Å². The van der Waals surface area contributed by atoms with Crippen molar-refractivity contribution in [2.24, 2.45) is 17.8 Å². The van der Waals surface area contributed by atoms with Crippen LogP contribution in [0.3, 0.4) is 0 Å². The Labute approximate surface area is 120 Å². The van der Waals surface area contributed by atoms with E-state index in [0.29, 0.717) is 37.8 Å². The summed E-state index contributed by atoms with van der Waals surface area (Å²) in [5.41, 5.74) is 0. The fourth-order valence-electron chi connectivity index (χ4n) is 3.37. The Balaban J connectivity index is 1.82. The van der Waals surface area contributed by atoms with Crippen molar-refractivity contribution in [2.45, 2.75) is 52.0 Å². The average molecular weight is 282 g/mol. The number of urea groups is 1. The number of aliphatic carboxylic acids is 1. The monoisotopic (exact) mass is 282 g/mol. The molecule has 1 aliphatic carbocycles. The molecule has 0 aromatic carbocycles. The molecule has 1 saturated heterocycles. The van der Waals surface area contributed by atoms with Crippen LogP contribution in [0.15, 0.2) is 0 Å². The Kier molecular flexibility index (Phi) is 4.89. The lowest BCUT2D eigenvalue weighted by molar-refractivity contribution is -0.143. The third-order valence-corrected chi connectivity index (χ3v) is 5.15. The molecule has 2 rings (SSSR count). The lowest BCUT2D eigenvalue weighted by atomic mass is 9.78. The second-order valence-electron chi connectivity index (χ2n) is 6.42. The summed E-state index contributed by atoms with van der Waals surface area (Å²) < 4.78 is 0. The van der Waals surface area contributed by atoms with Gasteiger partial charge in [-0.2, -0.15) is 0 Å². The van der Waals surface area contributed by atoms with Gasteiger partial charge in [0.05, 0.1) is 5.92 Å². The van der Waals surface area contributed by atoms with E-state index in [9.17, 15) is 9.59 Å². The van der Waals surface area contributed by atoms with Crippen molar-refractivity contribution in [2.75, 3.05) is 13.1 Å². The van der Waals surface area contributed by atoms with Gasteiger partial charge in [-0.1, -0.05) is 26.7 Å². The summed E-state index contributed by atoms with van der Waals surface area (Å²) in [6.07, 6.45) is 4.62. The summed E-state index contributed by atoms with van der Waals surface area (Å²) in [6, 6.07) is 0.253. The van der Waals surface area contributed by atoms with Crippen molar-refractivity contribution in [3.05, 3.63) is 0 Å². The van der Waals surface area contributed by atoms with Crippen LogP contribution < -0.4 is 5.32 Å². The highest BCUT2D eigenvalue weighted by atomic mass is 16.4. The summed E-state index contributed by atoms with van der Waals surface area (Å²) in [6.45, 7) is 5.58. The molecule has 20 heavy (non-hydrogen) atoms. The quantitative estimate of drug-likeness (QED) is 0.816. The summed E-state index contributed by atoms with van der Waals surface area (Å²) in [4.78, 5) is 24.9. The Morgan fingerprint density at radius 3 is 2.35 bits per heavy atom. The standard InChI is InChI=1S/C15H26N2O3/c1-10-4-3-5-13(11(10)2)16-15(20)17-8-6-12(7-9-17)14(18)19/h10-13H,3-9H2,1-2H3,(H,16,20)(H,18,19). The van der Waals surface area contributed by atoms with Crippen LogP contribution in [0.4, 0.5) is 4.79 Å². The number of hydrogen-bond donors (Lipinski definition) is 2. The number of amides is 2. The molecule has 3 unspecified atom stereocenters. The molecule has 0 radical (unpaired) electrons. The van der Waals surface area contributed by atoms with Crippen LogP contribution >= 0.6 is 0 Å². The predicted octanol–water partition coefficient (Wildman–Crippen LogP) is 2.32. The molecule has 1 aliphatic heterocycles. The number of carboxylic acid groups (broad SMARTS) is 1. The Bertz CT molecular complexity index is 364. The van der Waals surface area contributed by atoms with Crippen LogP contribution in [0.1, 0.15) is 46.0 Å². The first-order chi connectivity index (χ1) is 9.49. The van der Waals surface area contributed by atoms with E-state index in [1.807, 2.05) is 0 Å². The molecule has 1 heterocycles. The molecule has 0 aromatic rings. The summed E-state index contributed by atoms with van der Waals surface area (Å²) >= 11 is 0. The smallest absolute Gasteiger partial charge is 0.317 e. The van der Waals surface area contributed by atoms with Crippen molar-refractivity contribution in [1.29, 1.82) is 0 Å². The van der Waals surface area contributed by atoms with Gasteiger partial charge in [-0.15, -0.1) is 0 Å². The van der Waals surface area contributed by atoms with E-state index >= 15 is 0 Å². The molecule has 5 nitrogen and oxygen atoms in total. The number of nitrogens with one attached hydrogen (secondary N) is 1. The number of rotatable bonds is 2. The molecular formula is C15H26N2O3. The zero-order chi connectivity index (χ0) is 14.7. The van der Waals surface area contributed by atoms with Crippen LogP contribution in [0.25, 0.3) is 0 Å². The van der Waals surface area contributed by atoms with E-state index in [0.717, 1.165) is 6.42 Å². The summed E-state index contributed by atoms with van der Waals surface area (Å²) in [5, 5.41) is 12.1. The summed E-state index contributed by atoms with van der Waals surface area (Å²) in [5.74, 6) is 0.156. The van der Waals surface area contributed by atoms with Crippen molar-refractivity contribution < 1.29 is 14.7 Å². The van der Waals surface area contributed by atoms with E-state index < -0.39 is 5.97 Å². The van der Waals surface area contributed by atoms with Crippen molar-refractivity contribution in [1.82, 2.24) is 10.2 Å². The molecule has 0 aromatic heterocycles. The molecule has 0 spiro atoms. The van der Waals surface area contributed by atoms with E-state index in [-0.39, 0.29) is 18.0 Å². The molecule has 1 saturated carbocycles. The third-order valence-electron chi connectivity index (χ3n) is 5.15. The van der Waals surface area contributed by atoms with E-state index in [1.165, 1.54) is 12.8 Å².